The van der Waals surface area contributed by atoms with Crippen LogP contribution in [0.1, 0.15) is 21.5 Å². The number of nitrogens with zero attached hydrogens (tertiary/aromatic N) is 2. The minimum atomic E-state index is -0.947. The summed E-state index contributed by atoms with van der Waals surface area (Å²) in [4.78, 5) is 27.7. The molecule has 7 heteroatoms. The van der Waals surface area contributed by atoms with Crippen LogP contribution in [-0.4, -0.2) is 64.2 Å². The normalized spacial score (nSPS) is 18.0. The molecule has 1 amide bonds. The number of aliphatic hydroxyl groups is 1. The van der Waals surface area contributed by atoms with Gasteiger partial charge < -0.3 is 15.1 Å². The summed E-state index contributed by atoms with van der Waals surface area (Å²) in [6, 6.07) is 3.46. The Kier molecular flexibility index (Phi) is 4.74. The van der Waals surface area contributed by atoms with Crippen LogP contribution in [0.25, 0.3) is 0 Å². The van der Waals surface area contributed by atoms with Crippen LogP contribution >= 0.6 is 11.3 Å². The summed E-state index contributed by atoms with van der Waals surface area (Å²) in [6.07, 6.45) is -0.947. The quantitative estimate of drug-likeness (QED) is 0.844. The zero-order valence-corrected chi connectivity index (χ0v) is 12.1. The largest absolute Gasteiger partial charge is 0.477 e. The number of hydrogen-bond acceptors (Lipinski definition) is 5. The number of piperazine rings is 1. The van der Waals surface area contributed by atoms with E-state index in [-0.39, 0.29) is 5.91 Å². The Morgan fingerprint density at radius 3 is 2.45 bits per heavy atom. The van der Waals surface area contributed by atoms with E-state index in [0.717, 1.165) is 18.0 Å². The molecule has 1 aliphatic heterocycles. The molecule has 20 heavy (non-hydrogen) atoms. The van der Waals surface area contributed by atoms with Crippen molar-refractivity contribution < 1.29 is 19.8 Å². The number of carbonyl (C=O) groups is 2. The predicted molar refractivity (Wildman–Crippen MR) is 74.8 cm³/mol. The molecule has 1 atom stereocenters. The van der Waals surface area contributed by atoms with Crippen LogP contribution < -0.4 is 0 Å². The Hall–Kier alpha value is -1.44. The fourth-order valence-electron chi connectivity index (χ4n) is 2.19. The van der Waals surface area contributed by atoms with Crippen molar-refractivity contribution in [1.82, 2.24) is 9.80 Å². The summed E-state index contributed by atoms with van der Waals surface area (Å²) in [5, 5.41) is 18.2. The molecule has 1 unspecified atom stereocenters. The number of carbonyl (C=O) groups excluding carboxylic acids is 1. The second-order valence-electron chi connectivity index (χ2n) is 4.85. The van der Waals surface area contributed by atoms with E-state index in [1.165, 1.54) is 18.3 Å². The first-order valence-corrected chi connectivity index (χ1v) is 7.30. The second-order valence-corrected chi connectivity index (χ2v) is 6.02. The zero-order chi connectivity index (χ0) is 14.7. The summed E-state index contributed by atoms with van der Waals surface area (Å²) in [6.45, 7) is 4.85. The predicted octanol–water partition coefficient (Wildman–Crippen LogP) is 0.471. The van der Waals surface area contributed by atoms with E-state index in [1.807, 2.05) is 6.07 Å². The van der Waals surface area contributed by atoms with Gasteiger partial charge in [0.15, 0.2) is 0 Å². The van der Waals surface area contributed by atoms with Gasteiger partial charge in [-0.15, -0.1) is 11.3 Å². The molecule has 1 aromatic rings. The lowest BCUT2D eigenvalue weighted by atomic mass is 10.2. The number of rotatable bonds is 4. The number of hydrogen-bond donors (Lipinski definition) is 2. The molecule has 1 saturated heterocycles. The summed E-state index contributed by atoms with van der Waals surface area (Å²) < 4.78 is 0. The van der Waals surface area contributed by atoms with Gasteiger partial charge in [-0.05, 0) is 19.1 Å². The molecule has 0 aliphatic carbocycles. The van der Waals surface area contributed by atoms with Crippen LogP contribution in [0.5, 0.6) is 0 Å². The first-order chi connectivity index (χ1) is 9.47. The summed E-state index contributed by atoms with van der Waals surface area (Å²) in [7, 11) is 0. The van der Waals surface area contributed by atoms with Crippen LogP contribution in [0, 0.1) is 0 Å². The first kappa shape index (κ1) is 15.0. The molecule has 0 radical (unpaired) electrons. The van der Waals surface area contributed by atoms with Crippen molar-refractivity contribution in [1.29, 1.82) is 0 Å². The van der Waals surface area contributed by atoms with E-state index in [2.05, 4.69) is 4.90 Å². The van der Waals surface area contributed by atoms with E-state index in [4.69, 9.17) is 5.11 Å². The smallest absolute Gasteiger partial charge is 0.345 e. The molecule has 0 bridgehead atoms. The summed E-state index contributed by atoms with van der Waals surface area (Å²) in [5.41, 5.74) is 0. The highest BCUT2D eigenvalue weighted by molar-refractivity contribution is 7.13. The molecule has 2 N–H and O–H groups in total. The Balaban J connectivity index is 1.85. The van der Waals surface area contributed by atoms with Crippen molar-refractivity contribution in [2.75, 3.05) is 26.2 Å². The SMILES string of the molecule is CC(O)C(=O)N1CCN(Cc2ccc(C(=O)O)s2)CC1. The highest BCUT2D eigenvalue weighted by Gasteiger charge is 2.23. The number of aliphatic hydroxyl groups excluding tert-OH is 1. The first-order valence-electron chi connectivity index (χ1n) is 6.48. The Morgan fingerprint density at radius 2 is 1.95 bits per heavy atom. The molecule has 0 spiro atoms. The third-order valence-electron chi connectivity index (χ3n) is 3.29. The van der Waals surface area contributed by atoms with Crippen molar-refractivity contribution >= 4 is 23.2 Å². The Labute approximate surface area is 121 Å². The Bertz CT molecular complexity index is 492. The molecular weight excluding hydrogens is 280 g/mol. The molecule has 0 aromatic carbocycles. The molecule has 0 saturated carbocycles. The van der Waals surface area contributed by atoms with Gasteiger partial charge in [0.2, 0.25) is 0 Å². The molecule has 1 aromatic heterocycles. The lowest BCUT2D eigenvalue weighted by Crippen LogP contribution is -2.50. The second kappa shape index (κ2) is 6.34. The van der Waals surface area contributed by atoms with Crippen molar-refractivity contribution in [3.8, 4) is 0 Å². The standard InChI is InChI=1S/C13H18N2O4S/c1-9(16)12(17)15-6-4-14(5-7-15)8-10-2-3-11(20-10)13(18)19/h2-3,9,16H,4-8H2,1H3,(H,18,19). The highest BCUT2D eigenvalue weighted by Crippen LogP contribution is 2.19. The van der Waals surface area contributed by atoms with Gasteiger partial charge in [-0.2, -0.15) is 0 Å². The fraction of sp³-hybridized carbons (Fsp3) is 0.538. The van der Waals surface area contributed by atoms with Crippen molar-refractivity contribution in [2.24, 2.45) is 0 Å². The maximum atomic E-state index is 11.6. The van der Waals surface area contributed by atoms with Crippen molar-refractivity contribution in [3.05, 3.63) is 21.9 Å². The molecule has 110 valence electrons. The minimum Gasteiger partial charge on any atom is -0.477 e. The zero-order valence-electron chi connectivity index (χ0n) is 11.3. The van der Waals surface area contributed by atoms with Gasteiger partial charge in [-0.1, -0.05) is 0 Å². The summed E-state index contributed by atoms with van der Waals surface area (Å²) >= 11 is 1.28. The van der Waals surface area contributed by atoms with Crippen LogP contribution in [0.4, 0.5) is 0 Å². The van der Waals surface area contributed by atoms with Crippen LogP contribution in [0.2, 0.25) is 0 Å². The van der Waals surface area contributed by atoms with Crippen LogP contribution in [0.3, 0.4) is 0 Å². The van der Waals surface area contributed by atoms with Gasteiger partial charge in [0.05, 0.1) is 0 Å². The van der Waals surface area contributed by atoms with Gasteiger partial charge >= 0.3 is 5.97 Å². The lowest BCUT2D eigenvalue weighted by Gasteiger charge is -2.35. The van der Waals surface area contributed by atoms with E-state index < -0.39 is 12.1 Å². The van der Waals surface area contributed by atoms with Gasteiger partial charge in [-0.3, -0.25) is 9.69 Å². The van der Waals surface area contributed by atoms with E-state index in [1.54, 1.807) is 11.0 Å². The van der Waals surface area contributed by atoms with Gasteiger partial charge in [0.25, 0.3) is 5.91 Å². The third kappa shape index (κ3) is 3.56. The summed E-state index contributed by atoms with van der Waals surface area (Å²) in [5.74, 6) is -1.12. The number of thiophene rings is 1. The number of amides is 1. The maximum absolute atomic E-state index is 11.6. The van der Waals surface area contributed by atoms with Gasteiger partial charge in [0, 0.05) is 37.6 Å². The lowest BCUT2D eigenvalue weighted by molar-refractivity contribution is -0.141. The molecule has 1 aliphatic rings. The van der Waals surface area contributed by atoms with Crippen LogP contribution in [0.15, 0.2) is 12.1 Å². The van der Waals surface area contributed by atoms with E-state index in [0.29, 0.717) is 24.5 Å². The topological polar surface area (TPSA) is 81.1 Å². The molecule has 2 heterocycles. The number of carboxylic acid groups (broad SMARTS) is 1. The number of aromatic carboxylic acids is 1. The molecule has 2 rings (SSSR count). The van der Waals surface area contributed by atoms with Crippen molar-refractivity contribution in [2.45, 2.75) is 19.6 Å². The van der Waals surface area contributed by atoms with Crippen LogP contribution in [-0.2, 0) is 11.3 Å². The fourth-order valence-corrected chi connectivity index (χ4v) is 3.08. The third-order valence-corrected chi connectivity index (χ3v) is 4.35. The maximum Gasteiger partial charge on any atom is 0.345 e. The van der Waals surface area contributed by atoms with E-state index in [9.17, 15) is 14.7 Å². The number of carboxylic acids is 1. The molecule has 6 nitrogen and oxygen atoms in total. The highest BCUT2D eigenvalue weighted by atomic mass is 32.1. The average Bonchev–Trinajstić information content (AvgIpc) is 2.87. The Morgan fingerprint density at radius 1 is 1.30 bits per heavy atom. The molecule has 1 fully saturated rings. The average molecular weight is 298 g/mol. The van der Waals surface area contributed by atoms with Gasteiger partial charge in [-0.25, -0.2) is 4.79 Å². The van der Waals surface area contributed by atoms with Crippen molar-refractivity contribution in [3.63, 3.8) is 0 Å². The monoisotopic (exact) mass is 298 g/mol. The van der Waals surface area contributed by atoms with E-state index >= 15 is 0 Å². The molecular formula is C13H18N2O4S. The minimum absolute atomic E-state index is 0.228. The van der Waals surface area contributed by atoms with Gasteiger partial charge in [0.1, 0.15) is 11.0 Å².